The van der Waals surface area contributed by atoms with Crippen molar-refractivity contribution in [1.29, 1.82) is 0 Å². The van der Waals surface area contributed by atoms with Gasteiger partial charge in [0.05, 0.1) is 6.54 Å². The summed E-state index contributed by atoms with van der Waals surface area (Å²) in [6, 6.07) is 9.59. The van der Waals surface area contributed by atoms with Gasteiger partial charge in [-0.25, -0.2) is 0 Å². The van der Waals surface area contributed by atoms with E-state index < -0.39 is 0 Å². The summed E-state index contributed by atoms with van der Waals surface area (Å²) in [4.78, 5) is 15.1. The number of carbonyl (C=O) groups is 1. The molecule has 0 aliphatic carbocycles. The van der Waals surface area contributed by atoms with Crippen molar-refractivity contribution < 1.29 is 9.53 Å². The summed E-state index contributed by atoms with van der Waals surface area (Å²) in [5, 5.41) is 3.57. The topological polar surface area (TPSA) is 51.2 Å². The molecule has 4 nitrogen and oxygen atoms in total. The minimum Gasteiger partial charge on any atom is -0.479 e. The van der Waals surface area contributed by atoms with Gasteiger partial charge >= 0.3 is 0 Å². The van der Waals surface area contributed by atoms with Crippen LogP contribution in [0.2, 0.25) is 0 Å². The fraction of sp³-hybridized carbons (Fsp3) is 0.200. The zero-order chi connectivity index (χ0) is 14.2. The standard InChI is InChI=1S/C15H13ClN2O2/c16-11-14(19)17-8-1-2-10-20-13-7-3-5-12-6-4-9-18-15(12)13/h3-7,9H,8,10-11H2,(H,17,19). The Balaban J connectivity index is 1.90. The van der Waals surface area contributed by atoms with E-state index in [0.717, 1.165) is 10.9 Å². The summed E-state index contributed by atoms with van der Waals surface area (Å²) < 4.78 is 5.58. The highest BCUT2D eigenvalue weighted by Crippen LogP contribution is 2.22. The molecule has 0 saturated heterocycles. The van der Waals surface area contributed by atoms with Crippen molar-refractivity contribution in [2.75, 3.05) is 19.0 Å². The molecule has 0 aliphatic rings. The third kappa shape index (κ3) is 3.87. The lowest BCUT2D eigenvalue weighted by molar-refractivity contribution is -0.118. The van der Waals surface area contributed by atoms with Crippen molar-refractivity contribution in [3.8, 4) is 17.6 Å². The van der Waals surface area contributed by atoms with Gasteiger partial charge < -0.3 is 10.1 Å². The quantitative estimate of drug-likeness (QED) is 0.691. The molecule has 1 aromatic heterocycles. The molecule has 0 fully saturated rings. The van der Waals surface area contributed by atoms with E-state index in [2.05, 4.69) is 22.1 Å². The molecule has 5 heteroatoms. The summed E-state index contributed by atoms with van der Waals surface area (Å²) in [7, 11) is 0. The van der Waals surface area contributed by atoms with Gasteiger partial charge in [0.25, 0.3) is 0 Å². The number of nitrogens with one attached hydrogen (secondary N) is 1. The number of benzene rings is 1. The summed E-state index contributed by atoms with van der Waals surface area (Å²) in [5.41, 5.74) is 0.812. The van der Waals surface area contributed by atoms with Crippen molar-refractivity contribution in [2.24, 2.45) is 0 Å². The maximum absolute atomic E-state index is 10.9. The van der Waals surface area contributed by atoms with E-state index >= 15 is 0 Å². The fourth-order valence-electron chi connectivity index (χ4n) is 1.61. The predicted molar refractivity (Wildman–Crippen MR) is 78.7 cm³/mol. The van der Waals surface area contributed by atoms with Crippen molar-refractivity contribution >= 4 is 28.4 Å². The first kappa shape index (κ1) is 14.2. The van der Waals surface area contributed by atoms with Crippen LogP contribution < -0.4 is 10.1 Å². The average molecular weight is 289 g/mol. The monoisotopic (exact) mass is 288 g/mol. The first-order valence-corrected chi connectivity index (χ1v) is 6.59. The van der Waals surface area contributed by atoms with Crippen molar-refractivity contribution in [2.45, 2.75) is 0 Å². The Morgan fingerprint density at radius 1 is 1.30 bits per heavy atom. The Morgan fingerprint density at radius 2 is 2.15 bits per heavy atom. The molecule has 0 bridgehead atoms. The lowest BCUT2D eigenvalue weighted by atomic mass is 10.2. The lowest BCUT2D eigenvalue weighted by Crippen LogP contribution is -2.24. The number of ether oxygens (including phenoxy) is 1. The Hall–Kier alpha value is -2.25. The molecule has 1 heterocycles. The number of para-hydroxylation sites is 1. The van der Waals surface area contributed by atoms with Crippen LogP contribution >= 0.6 is 11.6 Å². The predicted octanol–water partition coefficient (Wildman–Crippen LogP) is 1.97. The summed E-state index contributed by atoms with van der Waals surface area (Å²) in [6.07, 6.45) is 1.72. The zero-order valence-electron chi connectivity index (χ0n) is 10.7. The van der Waals surface area contributed by atoms with Gasteiger partial charge in [0.15, 0.2) is 0 Å². The van der Waals surface area contributed by atoms with E-state index in [4.69, 9.17) is 16.3 Å². The number of halogens is 1. The number of fused-ring (bicyclic) bond motifs is 1. The molecule has 2 rings (SSSR count). The molecule has 0 atom stereocenters. The van der Waals surface area contributed by atoms with E-state index in [9.17, 15) is 4.79 Å². The Morgan fingerprint density at radius 3 is 3.00 bits per heavy atom. The number of pyridine rings is 1. The van der Waals surface area contributed by atoms with Crippen LogP contribution in [-0.2, 0) is 4.79 Å². The van der Waals surface area contributed by atoms with Crippen molar-refractivity contribution in [3.63, 3.8) is 0 Å². The normalized spacial score (nSPS) is 9.65. The Bertz CT molecular complexity index is 656. The van der Waals surface area contributed by atoms with Gasteiger partial charge in [-0.2, -0.15) is 0 Å². The number of rotatable bonds is 4. The number of carbonyl (C=O) groups excluding carboxylic acids is 1. The maximum atomic E-state index is 10.9. The summed E-state index contributed by atoms with van der Waals surface area (Å²) >= 11 is 5.34. The largest absolute Gasteiger partial charge is 0.479 e. The number of amides is 1. The van der Waals surface area contributed by atoms with Crippen molar-refractivity contribution in [3.05, 3.63) is 36.5 Å². The highest BCUT2D eigenvalue weighted by atomic mass is 35.5. The molecule has 1 aromatic carbocycles. The van der Waals surface area contributed by atoms with Crippen LogP contribution in [0.5, 0.6) is 5.75 Å². The molecule has 0 spiro atoms. The second kappa shape index (κ2) is 7.37. The van der Waals surface area contributed by atoms with Gasteiger partial charge in [-0.3, -0.25) is 9.78 Å². The first-order chi connectivity index (χ1) is 9.81. The third-order valence-corrected chi connectivity index (χ3v) is 2.76. The van der Waals surface area contributed by atoms with Crippen LogP contribution in [0.15, 0.2) is 36.5 Å². The molecule has 1 N–H and O–H groups in total. The SMILES string of the molecule is O=C(CCl)NCC#CCOc1cccc2cccnc12. The number of aromatic nitrogens is 1. The van der Waals surface area contributed by atoms with E-state index in [1.165, 1.54) is 0 Å². The van der Waals surface area contributed by atoms with Gasteiger partial charge in [0, 0.05) is 11.6 Å². The summed E-state index contributed by atoms with van der Waals surface area (Å²) in [6.45, 7) is 0.509. The molecule has 2 aromatic rings. The molecular weight excluding hydrogens is 276 g/mol. The van der Waals surface area contributed by atoms with Crippen LogP contribution in [0, 0.1) is 11.8 Å². The third-order valence-electron chi connectivity index (χ3n) is 2.52. The second-order valence-corrected chi connectivity index (χ2v) is 4.15. The summed E-state index contributed by atoms with van der Waals surface area (Å²) in [5.74, 6) is 6.01. The van der Waals surface area contributed by atoms with Crippen LogP contribution in [0.4, 0.5) is 0 Å². The van der Waals surface area contributed by atoms with Gasteiger partial charge in [-0.15, -0.1) is 11.6 Å². The van der Waals surface area contributed by atoms with E-state index in [-0.39, 0.29) is 24.9 Å². The van der Waals surface area contributed by atoms with Crippen LogP contribution in [0.1, 0.15) is 0 Å². The minimum atomic E-state index is -0.236. The van der Waals surface area contributed by atoms with Gasteiger partial charge in [0.1, 0.15) is 23.8 Å². The van der Waals surface area contributed by atoms with Gasteiger partial charge in [-0.05, 0) is 12.1 Å². The van der Waals surface area contributed by atoms with Gasteiger partial charge in [0.2, 0.25) is 5.91 Å². The number of alkyl halides is 1. The second-order valence-electron chi connectivity index (χ2n) is 3.88. The molecule has 102 valence electrons. The van der Waals surface area contributed by atoms with Gasteiger partial charge in [-0.1, -0.05) is 30.0 Å². The minimum absolute atomic E-state index is 0.0557. The van der Waals surface area contributed by atoms with E-state index in [1.54, 1.807) is 6.20 Å². The smallest absolute Gasteiger partial charge is 0.235 e. The molecule has 20 heavy (non-hydrogen) atoms. The molecule has 0 saturated carbocycles. The first-order valence-electron chi connectivity index (χ1n) is 6.06. The highest BCUT2D eigenvalue weighted by molar-refractivity contribution is 6.27. The van der Waals surface area contributed by atoms with E-state index in [0.29, 0.717) is 5.75 Å². The van der Waals surface area contributed by atoms with Crippen LogP contribution in [0.3, 0.4) is 0 Å². The molecule has 0 unspecified atom stereocenters. The molecule has 0 aliphatic heterocycles. The molecular formula is C15H13ClN2O2. The molecule has 0 radical (unpaired) electrons. The lowest BCUT2D eigenvalue weighted by Gasteiger charge is -2.05. The average Bonchev–Trinajstić information content (AvgIpc) is 2.50. The molecule has 1 amide bonds. The number of nitrogens with zero attached hydrogens (tertiary/aromatic N) is 1. The van der Waals surface area contributed by atoms with E-state index in [1.807, 2.05) is 30.3 Å². The Labute approximate surface area is 122 Å². The number of hydrogen-bond donors (Lipinski definition) is 1. The maximum Gasteiger partial charge on any atom is 0.235 e. The van der Waals surface area contributed by atoms with Crippen LogP contribution in [0.25, 0.3) is 10.9 Å². The number of hydrogen-bond acceptors (Lipinski definition) is 3. The Kier molecular flexibility index (Phi) is 5.22. The van der Waals surface area contributed by atoms with Crippen molar-refractivity contribution in [1.82, 2.24) is 10.3 Å². The zero-order valence-corrected chi connectivity index (χ0v) is 11.5. The fourth-order valence-corrected chi connectivity index (χ4v) is 1.70. The van der Waals surface area contributed by atoms with Crippen LogP contribution in [-0.4, -0.2) is 29.9 Å². The highest BCUT2D eigenvalue weighted by Gasteiger charge is 2.01.